The maximum atomic E-state index is 11.3. The zero-order valence-electron chi connectivity index (χ0n) is 11.2. The van der Waals surface area contributed by atoms with E-state index in [0.29, 0.717) is 11.7 Å². The molecule has 1 aromatic heterocycles. The normalized spacial score (nSPS) is 22.6. The third kappa shape index (κ3) is 2.56. The molecule has 1 saturated heterocycles. The number of hydrogen-bond acceptors (Lipinski definition) is 3. The monoisotopic (exact) mass is 251 g/mol. The summed E-state index contributed by atoms with van der Waals surface area (Å²) in [6, 6.07) is 0. The highest BCUT2D eigenvalue weighted by Gasteiger charge is 2.28. The maximum absolute atomic E-state index is 11.3. The molecule has 0 saturated carbocycles. The smallest absolute Gasteiger partial charge is 0.314 e. The fourth-order valence-corrected chi connectivity index (χ4v) is 2.62. The van der Waals surface area contributed by atoms with Crippen LogP contribution in [0, 0.1) is 5.92 Å². The Bertz CT molecular complexity index is 428. The molecule has 2 N–H and O–H groups in total. The Balaban J connectivity index is 2.16. The van der Waals surface area contributed by atoms with Gasteiger partial charge in [-0.05, 0) is 25.9 Å². The van der Waals surface area contributed by atoms with E-state index in [1.54, 1.807) is 6.20 Å². The highest BCUT2D eigenvalue weighted by atomic mass is 16.4. The molecule has 1 aliphatic rings. The number of hydrogen-bond donors (Lipinski definition) is 2. The van der Waals surface area contributed by atoms with Gasteiger partial charge in [0.25, 0.3) is 0 Å². The lowest BCUT2D eigenvalue weighted by Crippen LogP contribution is -2.19. The van der Waals surface area contributed by atoms with Gasteiger partial charge in [0.05, 0.1) is 0 Å². The predicted octanol–water partition coefficient (Wildman–Crippen LogP) is 1.65. The van der Waals surface area contributed by atoms with Gasteiger partial charge in [0.2, 0.25) is 0 Å². The van der Waals surface area contributed by atoms with E-state index in [1.807, 2.05) is 13.8 Å². The Labute approximate surface area is 107 Å². The molecule has 1 fully saturated rings. The van der Waals surface area contributed by atoms with Crippen molar-refractivity contribution in [3.05, 3.63) is 17.7 Å². The van der Waals surface area contributed by atoms with Crippen LogP contribution in [0.5, 0.6) is 0 Å². The number of nitrogens with one attached hydrogen (secondary N) is 1. The minimum atomic E-state index is -0.811. The van der Waals surface area contributed by atoms with Gasteiger partial charge in [-0.25, -0.2) is 4.98 Å². The summed E-state index contributed by atoms with van der Waals surface area (Å²) in [7, 11) is 2.10. The fraction of sp³-hybridized carbons (Fsp3) is 0.692. The van der Waals surface area contributed by atoms with E-state index in [-0.39, 0.29) is 5.92 Å². The zero-order chi connectivity index (χ0) is 13.3. The van der Waals surface area contributed by atoms with Crippen LogP contribution in [0.1, 0.15) is 43.6 Å². The van der Waals surface area contributed by atoms with Gasteiger partial charge in [0.15, 0.2) is 0 Å². The first-order valence-electron chi connectivity index (χ1n) is 6.45. The van der Waals surface area contributed by atoms with E-state index in [9.17, 15) is 9.90 Å². The number of carboxylic acid groups (broad SMARTS) is 1. The number of H-pyrrole nitrogens is 1. The standard InChI is InChI=1S/C13H21N3O2/c1-8(2)11(13(17)18)12-14-6-10(15-12)9-4-5-16(3)7-9/h6,8-9,11H,4-5,7H2,1-3H3,(H,14,15)(H,17,18). The molecule has 0 amide bonds. The van der Waals surface area contributed by atoms with Gasteiger partial charge in [-0.2, -0.15) is 0 Å². The number of carbonyl (C=O) groups is 1. The third-order valence-corrected chi connectivity index (χ3v) is 3.67. The number of nitrogens with zero attached hydrogens (tertiary/aromatic N) is 2. The molecule has 2 unspecified atom stereocenters. The molecule has 0 spiro atoms. The van der Waals surface area contributed by atoms with Gasteiger partial charge in [-0.15, -0.1) is 0 Å². The fourth-order valence-electron chi connectivity index (χ4n) is 2.62. The molecule has 18 heavy (non-hydrogen) atoms. The summed E-state index contributed by atoms with van der Waals surface area (Å²) in [5.41, 5.74) is 1.07. The lowest BCUT2D eigenvalue weighted by Gasteiger charge is -2.13. The van der Waals surface area contributed by atoms with Crippen LogP contribution in [0.2, 0.25) is 0 Å². The first-order chi connectivity index (χ1) is 8.49. The van der Waals surface area contributed by atoms with Crippen molar-refractivity contribution in [1.82, 2.24) is 14.9 Å². The van der Waals surface area contributed by atoms with Gasteiger partial charge in [0.1, 0.15) is 11.7 Å². The van der Waals surface area contributed by atoms with Gasteiger partial charge in [0, 0.05) is 24.4 Å². The molecular formula is C13H21N3O2. The van der Waals surface area contributed by atoms with Crippen molar-refractivity contribution in [2.45, 2.75) is 32.1 Å². The van der Waals surface area contributed by atoms with Crippen molar-refractivity contribution in [2.75, 3.05) is 20.1 Å². The van der Waals surface area contributed by atoms with Gasteiger partial charge >= 0.3 is 5.97 Å². The Morgan fingerprint density at radius 1 is 1.61 bits per heavy atom. The van der Waals surface area contributed by atoms with Crippen LogP contribution in [0.4, 0.5) is 0 Å². The second kappa shape index (κ2) is 5.10. The molecule has 100 valence electrons. The Morgan fingerprint density at radius 2 is 2.33 bits per heavy atom. The summed E-state index contributed by atoms with van der Waals surface area (Å²) in [4.78, 5) is 21.0. The third-order valence-electron chi connectivity index (χ3n) is 3.67. The summed E-state index contributed by atoms with van der Waals surface area (Å²) >= 11 is 0. The molecule has 0 aliphatic carbocycles. The van der Waals surface area contributed by atoms with Crippen molar-refractivity contribution in [3.63, 3.8) is 0 Å². The first kappa shape index (κ1) is 13.1. The number of imidazole rings is 1. The van der Waals surface area contributed by atoms with Crippen molar-refractivity contribution in [2.24, 2.45) is 5.92 Å². The molecule has 2 rings (SSSR count). The molecule has 5 nitrogen and oxygen atoms in total. The zero-order valence-corrected chi connectivity index (χ0v) is 11.2. The summed E-state index contributed by atoms with van der Waals surface area (Å²) in [5, 5.41) is 9.25. The highest BCUT2D eigenvalue weighted by Crippen LogP contribution is 2.28. The molecule has 5 heteroatoms. The summed E-state index contributed by atoms with van der Waals surface area (Å²) in [5.74, 6) is -0.278. The SMILES string of the molecule is CC(C)C(C(=O)O)c1ncc(C2CCN(C)C2)[nH]1. The number of likely N-dealkylation sites (tertiary alicyclic amines) is 1. The van der Waals surface area contributed by atoms with Crippen LogP contribution in [0.15, 0.2) is 6.20 Å². The molecule has 2 atom stereocenters. The lowest BCUT2D eigenvalue weighted by molar-refractivity contribution is -0.140. The lowest BCUT2D eigenvalue weighted by atomic mass is 9.95. The summed E-state index contributed by atoms with van der Waals surface area (Å²) < 4.78 is 0. The minimum absolute atomic E-state index is 0.0350. The van der Waals surface area contributed by atoms with Gasteiger partial charge < -0.3 is 15.0 Å². The van der Waals surface area contributed by atoms with Crippen LogP contribution in [0.25, 0.3) is 0 Å². The molecule has 1 aromatic rings. The van der Waals surface area contributed by atoms with E-state index < -0.39 is 11.9 Å². The average molecular weight is 251 g/mol. The number of aliphatic carboxylic acids is 1. The van der Waals surface area contributed by atoms with Crippen LogP contribution in [-0.4, -0.2) is 46.1 Å². The van der Waals surface area contributed by atoms with E-state index in [0.717, 1.165) is 25.2 Å². The van der Waals surface area contributed by atoms with E-state index in [1.165, 1.54) is 0 Å². The molecule has 2 heterocycles. The van der Waals surface area contributed by atoms with Crippen molar-refractivity contribution < 1.29 is 9.90 Å². The van der Waals surface area contributed by atoms with Crippen LogP contribution >= 0.6 is 0 Å². The Kier molecular flexibility index (Phi) is 3.71. The van der Waals surface area contributed by atoms with Crippen molar-refractivity contribution in [3.8, 4) is 0 Å². The molecule has 0 bridgehead atoms. The molecule has 0 radical (unpaired) electrons. The topological polar surface area (TPSA) is 69.2 Å². The maximum Gasteiger partial charge on any atom is 0.314 e. The number of rotatable bonds is 4. The average Bonchev–Trinajstić information content (AvgIpc) is 2.85. The van der Waals surface area contributed by atoms with Crippen LogP contribution in [-0.2, 0) is 4.79 Å². The van der Waals surface area contributed by atoms with E-state index >= 15 is 0 Å². The Morgan fingerprint density at radius 3 is 2.83 bits per heavy atom. The van der Waals surface area contributed by atoms with E-state index in [4.69, 9.17) is 0 Å². The summed E-state index contributed by atoms with van der Waals surface area (Å²) in [6.45, 7) is 5.92. The number of aromatic nitrogens is 2. The van der Waals surface area contributed by atoms with Crippen molar-refractivity contribution >= 4 is 5.97 Å². The van der Waals surface area contributed by atoms with Crippen molar-refractivity contribution in [1.29, 1.82) is 0 Å². The predicted molar refractivity (Wildman–Crippen MR) is 68.7 cm³/mol. The number of carboxylic acids is 1. The highest BCUT2D eigenvalue weighted by molar-refractivity contribution is 5.75. The molecule has 1 aliphatic heterocycles. The molecular weight excluding hydrogens is 230 g/mol. The quantitative estimate of drug-likeness (QED) is 0.853. The minimum Gasteiger partial charge on any atom is -0.481 e. The Hall–Kier alpha value is -1.36. The van der Waals surface area contributed by atoms with Crippen LogP contribution < -0.4 is 0 Å². The van der Waals surface area contributed by atoms with Gasteiger partial charge in [-0.1, -0.05) is 13.8 Å². The van der Waals surface area contributed by atoms with E-state index in [2.05, 4.69) is 21.9 Å². The second-order valence-corrected chi connectivity index (χ2v) is 5.53. The first-order valence-corrected chi connectivity index (χ1v) is 6.45. The van der Waals surface area contributed by atoms with Gasteiger partial charge in [-0.3, -0.25) is 4.79 Å². The summed E-state index contributed by atoms with van der Waals surface area (Å²) in [6.07, 6.45) is 2.91. The number of aromatic amines is 1. The second-order valence-electron chi connectivity index (χ2n) is 5.53. The number of likely N-dealkylation sites (N-methyl/N-ethyl adjacent to an activating group) is 1. The largest absolute Gasteiger partial charge is 0.481 e. The molecule has 0 aromatic carbocycles. The van der Waals surface area contributed by atoms with Crippen LogP contribution in [0.3, 0.4) is 0 Å².